The van der Waals surface area contributed by atoms with Gasteiger partial charge in [0, 0.05) is 12.3 Å². The van der Waals surface area contributed by atoms with Crippen molar-refractivity contribution in [2.75, 3.05) is 7.11 Å². The van der Waals surface area contributed by atoms with E-state index in [0.717, 1.165) is 0 Å². The number of hydrogen-bond acceptors (Lipinski definition) is 5. The standard InChI is InChI=1S/C11H13N3O3/c1-6(12)10-13-9(11(16)17-2)8-5-7(15)3-4-14(8)10/h3-6,15H,12H2,1-2H3. The van der Waals surface area contributed by atoms with Gasteiger partial charge in [-0.15, -0.1) is 0 Å². The minimum absolute atomic E-state index is 0.0544. The number of rotatable bonds is 2. The van der Waals surface area contributed by atoms with Crippen LogP contribution < -0.4 is 5.73 Å². The van der Waals surface area contributed by atoms with E-state index < -0.39 is 5.97 Å². The molecule has 0 bridgehead atoms. The number of esters is 1. The predicted octanol–water partition coefficient (Wildman–Crippen LogP) is 0.846. The Hall–Kier alpha value is -2.08. The summed E-state index contributed by atoms with van der Waals surface area (Å²) in [5, 5.41) is 9.43. The van der Waals surface area contributed by atoms with Crippen LogP contribution in [0, 0.1) is 0 Å². The molecule has 2 rings (SSSR count). The normalized spacial score (nSPS) is 12.6. The number of fused-ring (bicyclic) bond motifs is 1. The van der Waals surface area contributed by atoms with Gasteiger partial charge in [-0.2, -0.15) is 0 Å². The molecule has 2 aromatic rings. The number of nitrogens with two attached hydrogens (primary N) is 1. The Balaban J connectivity index is 2.75. The number of pyridine rings is 1. The lowest BCUT2D eigenvalue weighted by molar-refractivity contribution is 0.0597. The maximum atomic E-state index is 11.6. The smallest absolute Gasteiger partial charge is 0.358 e. The molecule has 2 aromatic heterocycles. The van der Waals surface area contributed by atoms with Crippen LogP contribution >= 0.6 is 0 Å². The van der Waals surface area contributed by atoms with Crippen molar-refractivity contribution in [3.8, 4) is 5.75 Å². The highest BCUT2D eigenvalue weighted by molar-refractivity contribution is 5.95. The van der Waals surface area contributed by atoms with E-state index in [9.17, 15) is 9.90 Å². The molecule has 1 atom stereocenters. The number of hydrogen-bond donors (Lipinski definition) is 2. The minimum atomic E-state index is -0.556. The molecule has 17 heavy (non-hydrogen) atoms. The van der Waals surface area contributed by atoms with Crippen LogP contribution in [0.2, 0.25) is 0 Å². The Morgan fingerprint density at radius 1 is 1.65 bits per heavy atom. The molecule has 0 amide bonds. The third-order valence-electron chi connectivity index (χ3n) is 2.44. The van der Waals surface area contributed by atoms with Gasteiger partial charge in [-0.25, -0.2) is 9.78 Å². The second-order valence-electron chi connectivity index (χ2n) is 3.74. The highest BCUT2D eigenvalue weighted by Gasteiger charge is 2.19. The van der Waals surface area contributed by atoms with E-state index in [1.54, 1.807) is 17.5 Å². The summed E-state index contributed by atoms with van der Waals surface area (Å²) in [5.74, 6) is 0.0409. The monoisotopic (exact) mass is 235 g/mol. The second-order valence-corrected chi connectivity index (χ2v) is 3.74. The lowest BCUT2D eigenvalue weighted by atomic mass is 10.3. The van der Waals surface area contributed by atoms with Crippen molar-refractivity contribution in [1.82, 2.24) is 9.38 Å². The van der Waals surface area contributed by atoms with E-state index in [4.69, 9.17) is 5.73 Å². The Morgan fingerprint density at radius 3 is 2.94 bits per heavy atom. The number of carbonyl (C=O) groups excluding carboxylic acids is 1. The third kappa shape index (κ3) is 1.83. The van der Waals surface area contributed by atoms with Crippen LogP contribution in [0.1, 0.15) is 29.3 Å². The number of carbonyl (C=O) groups is 1. The summed E-state index contributed by atoms with van der Waals surface area (Å²) in [6, 6.07) is 2.62. The molecular weight excluding hydrogens is 222 g/mol. The number of nitrogens with zero attached hydrogens (tertiary/aromatic N) is 2. The van der Waals surface area contributed by atoms with E-state index in [2.05, 4.69) is 9.72 Å². The second kappa shape index (κ2) is 4.06. The number of aromatic nitrogens is 2. The van der Waals surface area contributed by atoms with E-state index in [-0.39, 0.29) is 17.5 Å². The molecule has 3 N–H and O–H groups in total. The zero-order valence-corrected chi connectivity index (χ0v) is 9.54. The van der Waals surface area contributed by atoms with Gasteiger partial charge in [0.25, 0.3) is 0 Å². The molecule has 0 saturated heterocycles. The van der Waals surface area contributed by atoms with Crippen molar-refractivity contribution in [3.05, 3.63) is 29.8 Å². The molecule has 6 nitrogen and oxygen atoms in total. The minimum Gasteiger partial charge on any atom is -0.508 e. The van der Waals surface area contributed by atoms with Gasteiger partial charge in [-0.1, -0.05) is 0 Å². The van der Waals surface area contributed by atoms with Gasteiger partial charge in [0.1, 0.15) is 11.6 Å². The Bertz CT molecular complexity index is 575. The van der Waals surface area contributed by atoms with Crippen LogP contribution in [0.25, 0.3) is 5.52 Å². The molecule has 6 heteroatoms. The molecule has 0 aliphatic rings. The zero-order valence-electron chi connectivity index (χ0n) is 9.54. The maximum absolute atomic E-state index is 11.6. The highest BCUT2D eigenvalue weighted by Crippen LogP contribution is 2.21. The first kappa shape index (κ1) is 11.4. The van der Waals surface area contributed by atoms with Crippen LogP contribution in [0.5, 0.6) is 5.75 Å². The lowest BCUT2D eigenvalue weighted by Gasteiger charge is -2.03. The van der Waals surface area contributed by atoms with E-state index in [0.29, 0.717) is 11.3 Å². The largest absolute Gasteiger partial charge is 0.508 e. The fraction of sp³-hybridized carbons (Fsp3) is 0.273. The third-order valence-corrected chi connectivity index (χ3v) is 2.44. The van der Waals surface area contributed by atoms with Gasteiger partial charge in [0.05, 0.1) is 18.7 Å². The molecule has 0 saturated carbocycles. The first-order valence-corrected chi connectivity index (χ1v) is 5.09. The van der Waals surface area contributed by atoms with Crippen molar-refractivity contribution in [1.29, 1.82) is 0 Å². The molecule has 90 valence electrons. The number of ether oxygens (including phenoxy) is 1. The first-order valence-electron chi connectivity index (χ1n) is 5.09. The van der Waals surface area contributed by atoms with Crippen LogP contribution in [0.15, 0.2) is 18.3 Å². The van der Waals surface area contributed by atoms with Crippen molar-refractivity contribution >= 4 is 11.5 Å². The fourth-order valence-electron chi connectivity index (χ4n) is 1.66. The van der Waals surface area contributed by atoms with Gasteiger partial charge < -0.3 is 20.0 Å². The Morgan fingerprint density at radius 2 is 2.35 bits per heavy atom. The number of imidazole rings is 1. The number of methoxy groups -OCH3 is 1. The van der Waals surface area contributed by atoms with Crippen molar-refractivity contribution < 1.29 is 14.6 Å². The summed E-state index contributed by atoms with van der Waals surface area (Å²) in [6.45, 7) is 1.77. The van der Waals surface area contributed by atoms with Crippen molar-refractivity contribution in [3.63, 3.8) is 0 Å². The van der Waals surface area contributed by atoms with Crippen LogP contribution in [-0.4, -0.2) is 27.6 Å². The predicted molar refractivity (Wildman–Crippen MR) is 60.8 cm³/mol. The van der Waals surface area contributed by atoms with Gasteiger partial charge in [0.2, 0.25) is 0 Å². The van der Waals surface area contributed by atoms with E-state index in [1.165, 1.54) is 19.2 Å². The number of aromatic hydroxyl groups is 1. The fourth-order valence-corrected chi connectivity index (χ4v) is 1.66. The van der Waals surface area contributed by atoms with Crippen LogP contribution in [0.4, 0.5) is 0 Å². The summed E-state index contributed by atoms with van der Waals surface area (Å²) in [4.78, 5) is 15.7. The Kier molecular flexibility index (Phi) is 2.72. The molecule has 0 spiro atoms. The SMILES string of the molecule is COC(=O)c1nc(C(C)N)n2ccc(O)cc12. The summed E-state index contributed by atoms with van der Waals surface area (Å²) < 4.78 is 6.30. The first-order chi connectivity index (χ1) is 8.04. The average molecular weight is 235 g/mol. The van der Waals surface area contributed by atoms with Crippen LogP contribution in [-0.2, 0) is 4.74 Å². The highest BCUT2D eigenvalue weighted by atomic mass is 16.5. The summed E-state index contributed by atoms with van der Waals surface area (Å²) in [7, 11) is 1.28. The Labute approximate surface area is 97.6 Å². The van der Waals surface area contributed by atoms with E-state index in [1.807, 2.05) is 0 Å². The van der Waals surface area contributed by atoms with Crippen molar-refractivity contribution in [2.24, 2.45) is 5.73 Å². The van der Waals surface area contributed by atoms with Crippen LogP contribution in [0.3, 0.4) is 0 Å². The average Bonchev–Trinajstić information content (AvgIpc) is 2.66. The maximum Gasteiger partial charge on any atom is 0.358 e. The lowest BCUT2D eigenvalue weighted by Crippen LogP contribution is -2.09. The molecule has 2 heterocycles. The molecule has 0 aromatic carbocycles. The topological polar surface area (TPSA) is 89.8 Å². The summed E-state index contributed by atoms with van der Waals surface area (Å²) >= 11 is 0. The molecule has 0 aliphatic carbocycles. The van der Waals surface area contributed by atoms with E-state index >= 15 is 0 Å². The van der Waals surface area contributed by atoms with Gasteiger partial charge >= 0.3 is 5.97 Å². The quantitative estimate of drug-likeness (QED) is 0.753. The van der Waals surface area contributed by atoms with Gasteiger partial charge in [0.15, 0.2) is 5.69 Å². The molecule has 0 radical (unpaired) electrons. The summed E-state index contributed by atoms with van der Waals surface area (Å²) in [5.41, 5.74) is 6.40. The zero-order chi connectivity index (χ0) is 12.6. The van der Waals surface area contributed by atoms with Gasteiger partial charge in [-0.05, 0) is 13.0 Å². The molecule has 0 aliphatic heterocycles. The molecule has 0 fully saturated rings. The summed E-state index contributed by atoms with van der Waals surface area (Å²) in [6.07, 6.45) is 1.61. The van der Waals surface area contributed by atoms with Crippen molar-refractivity contribution in [2.45, 2.75) is 13.0 Å². The van der Waals surface area contributed by atoms with Gasteiger partial charge in [-0.3, -0.25) is 0 Å². The molecule has 1 unspecified atom stereocenters. The molecular formula is C11H13N3O3.